The third-order valence-electron chi connectivity index (χ3n) is 4.42. The van der Waals surface area contributed by atoms with Crippen molar-refractivity contribution in [2.45, 2.75) is 37.6 Å². The van der Waals surface area contributed by atoms with E-state index in [4.69, 9.17) is 5.73 Å². The topological polar surface area (TPSA) is 94.1 Å². The molecule has 6 nitrogen and oxygen atoms in total. The van der Waals surface area contributed by atoms with Gasteiger partial charge < -0.3 is 11.1 Å². The minimum Gasteiger partial charge on any atom is -0.381 e. The third kappa shape index (κ3) is 2.87. The first-order valence-electron chi connectivity index (χ1n) is 7.64. The number of pyridine rings is 1. The van der Waals surface area contributed by atoms with Crippen molar-refractivity contribution in [2.24, 2.45) is 5.73 Å². The van der Waals surface area contributed by atoms with Crippen molar-refractivity contribution in [3.05, 3.63) is 40.6 Å². The Morgan fingerprint density at radius 3 is 2.77 bits per heavy atom. The lowest BCUT2D eigenvalue weighted by Gasteiger charge is -2.33. The van der Waals surface area contributed by atoms with Crippen molar-refractivity contribution in [3.63, 3.8) is 0 Å². The standard InChI is InChI=1S/C16H20N4O2/c17-16(8-2-1-3-9-16)11-19-13-6-7-14(20(21)22)12-5-4-10-18-15(12)13/h4-7,10,19H,1-3,8-9,11,17H2. The fourth-order valence-corrected chi connectivity index (χ4v) is 3.16. The molecule has 1 aromatic carbocycles. The summed E-state index contributed by atoms with van der Waals surface area (Å²) in [6.07, 6.45) is 7.25. The van der Waals surface area contributed by atoms with Gasteiger partial charge in [-0.05, 0) is 31.0 Å². The number of non-ortho nitro benzene ring substituents is 1. The SMILES string of the molecule is NC1(CNc2ccc([N+](=O)[O-])c3cccnc23)CCCCC1. The second-order valence-electron chi connectivity index (χ2n) is 6.07. The molecule has 1 fully saturated rings. The first kappa shape index (κ1) is 14.7. The van der Waals surface area contributed by atoms with Gasteiger partial charge in [-0.1, -0.05) is 19.3 Å². The molecule has 1 heterocycles. The lowest BCUT2D eigenvalue weighted by atomic mass is 9.82. The Hall–Kier alpha value is -2.21. The van der Waals surface area contributed by atoms with Crippen molar-refractivity contribution in [3.8, 4) is 0 Å². The van der Waals surface area contributed by atoms with E-state index in [-0.39, 0.29) is 16.1 Å². The Kier molecular flexibility index (Phi) is 3.94. The van der Waals surface area contributed by atoms with Crippen LogP contribution in [0.5, 0.6) is 0 Å². The summed E-state index contributed by atoms with van der Waals surface area (Å²) in [5.74, 6) is 0. The van der Waals surface area contributed by atoms with Crippen molar-refractivity contribution >= 4 is 22.3 Å². The Balaban J connectivity index is 1.88. The van der Waals surface area contributed by atoms with Gasteiger partial charge in [-0.15, -0.1) is 0 Å². The van der Waals surface area contributed by atoms with E-state index >= 15 is 0 Å². The summed E-state index contributed by atoms with van der Waals surface area (Å²) >= 11 is 0. The predicted molar refractivity (Wildman–Crippen MR) is 86.9 cm³/mol. The monoisotopic (exact) mass is 300 g/mol. The number of benzene rings is 1. The van der Waals surface area contributed by atoms with Crippen LogP contribution >= 0.6 is 0 Å². The van der Waals surface area contributed by atoms with Gasteiger partial charge in [0.2, 0.25) is 0 Å². The highest BCUT2D eigenvalue weighted by molar-refractivity contribution is 5.96. The van der Waals surface area contributed by atoms with Gasteiger partial charge in [-0.3, -0.25) is 15.1 Å². The first-order chi connectivity index (χ1) is 10.6. The minimum absolute atomic E-state index is 0.0776. The van der Waals surface area contributed by atoms with Gasteiger partial charge in [0.25, 0.3) is 5.69 Å². The lowest BCUT2D eigenvalue weighted by molar-refractivity contribution is -0.383. The number of nitrogens with one attached hydrogen (secondary N) is 1. The number of anilines is 1. The van der Waals surface area contributed by atoms with E-state index < -0.39 is 0 Å². The molecule has 22 heavy (non-hydrogen) atoms. The van der Waals surface area contributed by atoms with Gasteiger partial charge in [0, 0.05) is 24.3 Å². The molecule has 1 saturated carbocycles. The lowest BCUT2D eigenvalue weighted by Crippen LogP contribution is -2.47. The fraction of sp³-hybridized carbons (Fsp3) is 0.438. The molecular weight excluding hydrogens is 280 g/mol. The van der Waals surface area contributed by atoms with Crippen LogP contribution in [0.1, 0.15) is 32.1 Å². The molecule has 2 aromatic rings. The molecule has 6 heteroatoms. The molecule has 0 spiro atoms. The number of nitrogens with two attached hydrogens (primary N) is 1. The zero-order chi connectivity index (χ0) is 15.6. The second-order valence-corrected chi connectivity index (χ2v) is 6.07. The van der Waals surface area contributed by atoms with Crippen LogP contribution in [0.25, 0.3) is 10.9 Å². The zero-order valence-corrected chi connectivity index (χ0v) is 12.4. The van der Waals surface area contributed by atoms with Crippen molar-refractivity contribution in [2.75, 3.05) is 11.9 Å². The molecule has 0 radical (unpaired) electrons. The maximum Gasteiger partial charge on any atom is 0.278 e. The quantitative estimate of drug-likeness (QED) is 0.668. The molecule has 1 aliphatic carbocycles. The molecule has 116 valence electrons. The van der Waals surface area contributed by atoms with Gasteiger partial charge in [-0.2, -0.15) is 0 Å². The number of aromatic nitrogens is 1. The van der Waals surface area contributed by atoms with Gasteiger partial charge in [0.15, 0.2) is 0 Å². The van der Waals surface area contributed by atoms with E-state index in [1.54, 1.807) is 24.4 Å². The molecule has 0 aliphatic heterocycles. The molecule has 1 aromatic heterocycles. The van der Waals surface area contributed by atoms with Gasteiger partial charge in [0.1, 0.15) is 5.52 Å². The third-order valence-corrected chi connectivity index (χ3v) is 4.42. The van der Waals surface area contributed by atoms with E-state index in [0.29, 0.717) is 17.4 Å². The Bertz CT molecular complexity index is 696. The zero-order valence-electron chi connectivity index (χ0n) is 12.4. The summed E-state index contributed by atoms with van der Waals surface area (Å²) in [4.78, 5) is 15.0. The average Bonchev–Trinajstić information content (AvgIpc) is 2.53. The Labute approximate surface area is 128 Å². The largest absolute Gasteiger partial charge is 0.381 e. The summed E-state index contributed by atoms with van der Waals surface area (Å²) in [6.45, 7) is 0.663. The van der Waals surface area contributed by atoms with Gasteiger partial charge in [0.05, 0.1) is 16.0 Å². The normalized spacial score (nSPS) is 17.3. The van der Waals surface area contributed by atoms with E-state index in [1.165, 1.54) is 12.5 Å². The second kappa shape index (κ2) is 5.88. The molecule has 1 aliphatic rings. The van der Waals surface area contributed by atoms with Crippen LogP contribution in [0.4, 0.5) is 11.4 Å². The smallest absolute Gasteiger partial charge is 0.278 e. The fourth-order valence-electron chi connectivity index (χ4n) is 3.16. The number of nitro benzene ring substituents is 1. The van der Waals surface area contributed by atoms with Crippen LogP contribution in [0, 0.1) is 10.1 Å². The molecule has 0 amide bonds. The summed E-state index contributed by atoms with van der Waals surface area (Å²) in [6, 6.07) is 6.69. The van der Waals surface area contributed by atoms with E-state index in [2.05, 4.69) is 10.3 Å². The first-order valence-corrected chi connectivity index (χ1v) is 7.64. The highest BCUT2D eigenvalue weighted by atomic mass is 16.6. The number of fused-ring (bicyclic) bond motifs is 1. The van der Waals surface area contributed by atoms with E-state index in [1.807, 2.05) is 0 Å². The van der Waals surface area contributed by atoms with Gasteiger partial charge >= 0.3 is 0 Å². The van der Waals surface area contributed by atoms with Crippen LogP contribution in [0.2, 0.25) is 0 Å². The molecule has 0 atom stereocenters. The van der Waals surface area contributed by atoms with E-state index in [9.17, 15) is 10.1 Å². The molecule has 3 rings (SSSR count). The predicted octanol–water partition coefficient (Wildman–Crippen LogP) is 3.22. The Morgan fingerprint density at radius 2 is 2.05 bits per heavy atom. The van der Waals surface area contributed by atoms with Gasteiger partial charge in [-0.25, -0.2) is 0 Å². The maximum atomic E-state index is 11.1. The summed E-state index contributed by atoms with van der Waals surface area (Å²) in [5.41, 5.74) is 7.75. The molecule has 0 bridgehead atoms. The van der Waals surface area contributed by atoms with Crippen LogP contribution < -0.4 is 11.1 Å². The molecular formula is C16H20N4O2. The summed E-state index contributed by atoms with van der Waals surface area (Å²) in [5, 5.41) is 15.0. The highest BCUT2D eigenvalue weighted by Gasteiger charge is 2.27. The number of hydrogen-bond acceptors (Lipinski definition) is 5. The molecule has 3 N–H and O–H groups in total. The molecule has 0 unspecified atom stereocenters. The number of nitrogens with zero attached hydrogens (tertiary/aromatic N) is 2. The van der Waals surface area contributed by atoms with Crippen LogP contribution in [0.15, 0.2) is 30.5 Å². The van der Waals surface area contributed by atoms with Crippen LogP contribution in [0.3, 0.4) is 0 Å². The van der Waals surface area contributed by atoms with E-state index in [0.717, 1.165) is 31.4 Å². The van der Waals surface area contributed by atoms with Crippen molar-refractivity contribution in [1.29, 1.82) is 0 Å². The number of nitro groups is 1. The molecule has 0 saturated heterocycles. The Morgan fingerprint density at radius 1 is 1.27 bits per heavy atom. The maximum absolute atomic E-state index is 11.1. The number of hydrogen-bond donors (Lipinski definition) is 2. The van der Waals surface area contributed by atoms with Crippen molar-refractivity contribution < 1.29 is 4.92 Å². The van der Waals surface area contributed by atoms with Crippen LogP contribution in [-0.4, -0.2) is 22.0 Å². The highest BCUT2D eigenvalue weighted by Crippen LogP contribution is 2.31. The van der Waals surface area contributed by atoms with Crippen molar-refractivity contribution in [1.82, 2.24) is 4.98 Å². The average molecular weight is 300 g/mol. The number of rotatable bonds is 4. The summed E-state index contributed by atoms with van der Waals surface area (Å²) < 4.78 is 0. The minimum atomic E-state index is -0.376. The van der Waals surface area contributed by atoms with Crippen LogP contribution in [-0.2, 0) is 0 Å². The summed E-state index contributed by atoms with van der Waals surface area (Å²) in [7, 11) is 0.